The SMILES string of the molecule is O=CNCCCCCCCCCCCCCCCCCCc1ccccc1COC(=O)NCCCN1CCOCC1. The molecule has 0 atom stereocenters. The number of hydrogen-bond acceptors (Lipinski definition) is 5. The fourth-order valence-corrected chi connectivity index (χ4v) is 5.53. The molecule has 0 saturated carbocycles. The van der Waals surface area contributed by atoms with Gasteiger partial charge in [0.05, 0.1) is 13.2 Å². The highest BCUT2D eigenvalue weighted by molar-refractivity contribution is 5.67. The molecule has 0 spiro atoms. The Kier molecular flexibility index (Phi) is 21.9. The van der Waals surface area contributed by atoms with E-state index in [1.54, 1.807) is 0 Å². The molecule has 234 valence electrons. The van der Waals surface area contributed by atoms with Crippen molar-refractivity contribution in [3.8, 4) is 0 Å². The topological polar surface area (TPSA) is 79.9 Å². The van der Waals surface area contributed by atoms with Crippen molar-refractivity contribution >= 4 is 12.5 Å². The Bertz CT molecular complexity index is 770. The van der Waals surface area contributed by atoms with Crippen LogP contribution in [0.5, 0.6) is 0 Å². The van der Waals surface area contributed by atoms with Crippen LogP contribution in [0.1, 0.15) is 120 Å². The minimum Gasteiger partial charge on any atom is -0.445 e. The van der Waals surface area contributed by atoms with E-state index in [2.05, 4.69) is 33.7 Å². The van der Waals surface area contributed by atoms with Crippen LogP contribution < -0.4 is 10.6 Å². The highest BCUT2D eigenvalue weighted by Crippen LogP contribution is 2.17. The van der Waals surface area contributed by atoms with Crippen LogP contribution in [0.2, 0.25) is 0 Å². The summed E-state index contributed by atoms with van der Waals surface area (Å²) in [5.41, 5.74) is 2.43. The van der Waals surface area contributed by atoms with Gasteiger partial charge >= 0.3 is 6.09 Å². The number of alkyl carbamates (subject to hydrolysis) is 1. The number of nitrogens with zero attached hydrogens (tertiary/aromatic N) is 1. The van der Waals surface area contributed by atoms with E-state index >= 15 is 0 Å². The molecule has 1 aromatic rings. The quantitative estimate of drug-likeness (QED) is 0.0908. The number of benzene rings is 1. The maximum absolute atomic E-state index is 12.1. The Morgan fingerprint density at radius 2 is 1.27 bits per heavy atom. The van der Waals surface area contributed by atoms with Crippen LogP contribution in [0.3, 0.4) is 0 Å². The Labute approximate surface area is 250 Å². The Morgan fingerprint density at radius 3 is 1.85 bits per heavy atom. The van der Waals surface area contributed by atoms with Crippen LogP contribution in [-0.4, -0.2) is 63.3 Å². The van der Waals surface area contributed by atoms with E-state index in [9.17, 15) is 9.59 Å². The molecule has 1 fully saturated rings. The summed E-state index contributed by atoms with van der Waals surface area (Å²) >= 11 is 0. The highest BCUT2D eigenvalue weighted by atomic mass is 16.5. The van der Waals surface area contributed by atoms with Crippen molar-refractivity contribution in [2.75, 3.05) is 45.9 Å². The van der Waals surface area contributed by atoms with Crippen molar-refractivity contribution in [2.45, 2.75) is 122 Å². The molecule has 1 aliphatic rings. The molecule has 0 aromatic heterocycles. The van der Waals surface area contributed by atoms with Gasteiger partial charge in [-0.05, 0) is 43.4 Å². The van der Waals surface area contributed by atoms with E-state index in [0.717, 1.165) is 70.6 Å². The van der Waals surface area contributed by atoms with Crippen molar-refractivity contribution < 1.29 is 19.1 Å². The number of carbonyl (C=O) groups is 2. The van der Waals surface area contributed by atoms with Gasteiger partial charge in [-0.15, -0.1) is 0 Å². The maximum Gasteiger partial charge on any atom is 0.407 e. The molecule has 1 saturated heterocycles. The predicted octanol–water partition coefficient (Wildman–Crippen LogP) is 7.17. The predicted molar refractivity (Wildman–Crippen MR) is 168 cm³/mol. The zero-order chi connectivity index (χ0) is 29.1. The molecule has 0 radical (unpaired) electrons. The van der Waals surface area contributed by atoms with E-state index in [0.29, 0.717) is 13.2 Å². The summed E-state index contributed by atoms with van der Waals surface area (Å²) in [5.74, 6) is 0. The molecule has 7 heteroatoms. The van der Waals surface area contributed by atoms with Gasteiger partial charge in [0.1, 0.15) is 6.61 Å². The average molecular weight is 574 g/mol. The van der Waals surface area contributed by atoms with Gasteiger partial charge in [-0.25, -0.2) is 4.79 Å². The Hall–Kier alpha value is -2.12. The summed E-state index contributed by atoms with van der Waals surface area (Å²) in [6.07, 6.45) is 23.6. The molecule has 2 N–H and O–H groups in total. The first-order valence-corrected chi connectivity index (χ1v) is 16.7. The molecule has 1 aliphatic heterocycles. The Morgan fingerprint density at radius 1 is 0.732 bits per heavy atom. The second kappa shape index (κ2) is 25.6. The van der Waals surface area contributed by atoms with Crippen LogP contribution in [0.15, 0.2) is 24.3 Å². The number of hydrogen-bond donors (Lipinski definition) is 2. The van der Waals surface area contributed by atoms with Gasteiger partial charge in [0.15, 0.2) is 0 Å². The molecule has 0 bridgehead atoms. The number of unbranched alkanes of at least 4 members (excludes halogenated alkanes) is 15. The van der Waals surface area contributed by atoms with E-state index in [4.69, 9.17) is 9.47 Å². The molecule has 2 amide bonds. The maximum atomic E-state index is 12.1. The number of carbonyl (C=O) groups excluding carboxylic acids is 2. The third-order valence-corrected chi connectivity index (χ3v) is 8.10. The van der Waals surface area contributed by atoms with Crippen LogP contribution in [0, 0.1) is 0 Å². The van der Waals surface area contributed by atoms with Gasteiger partial charge in [0.25, 0.3) is 0 Å². The smallest absolute Gasteiger partial charge is 0.407 e. The van der Waals surface area contributed by atoms with Gasteiger partial charge in [-0.3, -0.25) is 9.69 Å². The molecular weight excluding hydrogens is 514 g/mol. The van der Waals surface area contributed by atoms with Crippen LogP contribution >= 0.6 is 0 Å². The lowest BCUT2D eigenvalue weighted by molar-refractivity contribution is -0.109. The molecule has 1 aromatic carbocycles. The third-order valence-electron chi connectivity index (χ3n) is 8.10. The van der Waals surface area contributed by atoms with E-state index in [-0.39, 0.29) is 6.09 Å². The summed E-state index contributed by atoms with van der Waals surface area (Å²) in [5, 5.41) is 5.62. The average Bonchev–Trinajstić information content (AvgIpc) is 3.00. The summed E-state index contributed by atoms with van der Waals surface area (Å²) in [6.45, 7) is 6.37. The van der Waals surface area contributed by atoms with Crippen LogP contribution in [0.25, 0.3) is 0 Å². The van der Waals surface area contributed by atoms with Crippen molar-refractivity contribution in [3.63, 3.8) is 0 Å². The van der Waals surface area contributed by atoms with Crippen molar-refractivity contribution in [2.24, 2.45) is 0 Å². The third kappa shape index (κ3) is 19.6. The number of aryl methyl sites for hydroxylation is 1. The first-order valence-electron chi connectivity index (χ1n) is 16.7. The van der Waals surface area contributed by atoms with E-state index in [1.807, 2.05) is 6.07 Å². The van der Waals surface area contributed by atoms with Gasteiger partial charge in [0, 0.05) is 26.2 Å². The van der Waals surface area contributed by atoms with Gasteiger partial charge < -0.3 is 20.1 Å². The van der Waals surface area contributed by atoms with Gasteiger partial charge in [-0.2, -0.15) is 0 Å². The highest BCUT2D eigenvalue weighted by Gasteiger charge is 2.10. The normalized spacial score (nSPS) is 13.7. The summed E-state index contributed by atoms with van der Waals surface area (Å²) in [6, 6.07) is 8.37. The van der Waals surface area contributed by atoms with Gasteiger partial charge in [-0.1, -0.05) is 114 Å². The van der Waals surface area contributed by atoms with E-state index < -0.39 is 0 Å². The largest absolute Gasteiger partial charge is 0.445 e. The fourth-order valence-electron chi connectivity index (χ4n) is 5.53. The Balaban J connectivity index is 1.37. The first-order chi connectivity index (χ1) is 20.3. The number of nitrogens with one attached hydrogen (secondary N) is 2. The van der Waals surface area contributed by atoms with Crippen molar-refractivity contribution in [3.05, 3.63) is 35.4 Å². The number of ether oxygens (including phenoxy) is 2. The summed E-state index contributed by atoms with van der Waals surface area (Å²) in [4.78, 5) is 24.7. The molecule has 41 heavy (non-hydrogen) atoms. The summed E-state index contributed by atoms with van der Waals surface area (Å²) < 4.78 is 10.9. The van der Waals surface area contributed by atoms with Crippen LogP contribution in [0.4, 0.5) is 4.79 Å². The summed E-state index contributed by atoms with van der Waals surface area (Å²) in [7, 11) is 0. The zero-order valence-electron chi connectivity index (χ0n) is 25.9. The number of rotatable bonds is 26. The zero-order valence-corrected chi connectivity index (χ0v) is 25.9. The number of amides is 2. The lowest BCUT2D eigenvalue weighted by Gasteiger charge is -2.26. The van der Waals surface area contributed by atoms with E-state index in [1.165, 1.54) is 102 Å². The lowest BCUT2D eigenvalue weighted by atomic mass is 10.0. The molecule has 2 rings (SSSR count). The first kappa shape index (κ1) is 35.1. The second-order valence-corrected chi connectivity index (χ2v) is 11.6. The monoisotopic (exact) mass is 573 g/mol. The minimum atomic E-state index is -0.324. The van der Waals surface area contributed by atoms with Crippen LogP contribution in [-0.2, 0) is 27.3 Å². The lowest BCUT2D eigenvalue weighted by Crippen LogP contribution is -2.38. The number of morpholine rings is 1. The van der Waals surface area contributed by atoms with Crippen molar-refractivity contribution in [1.29, 1.82) is 0 Å². The molecule has 0 aliphatic carbocycles. The minimum absolute atomic E-state index is 0.324. The molecular formula is C34H59N3O4. The fraction of sp³-hybridized carbons (Fsp3) is 0.765. The molecule has 1 heterocycles. The second-order valence-electron chi connectivity index (χ2n) is 11.6. The van der Waals surface area contributed by atoms with Crippen molar-refractivity contribution in [1.82, 2.24) is 15.5 Å². The van der Waals surface area contributed by atoms with Gasteiger partial charge in [0.2, 0.25) is 6.41 Å². The standard InChI is InChI=1S/C34H59N3O4/c38-31-35-23-18-14-12-10-8-6-4-2-1-3-5-7-9-11-13-15-20-32-21-16-17-22-33(32)30-41-34(39)36-24-19-25-37-26-28-40-29-27-37/h16-17,21-22,31H,1-15,18-20,23-30H2,(H,35,38)(H,36,39). The molecule has 0 unspecified atom stereocenters. The molecule has 7 nitrogen and oxygen atoms in total.